The first-order valence-electron chi connectivity index (χ1n) is 8.84. The maximum Gasteiger partial charge on any atom is 0.344 e. The topological polar surface area (TPSA) is 121 Å². The molecule has 0 amide bonds. The number of hydrogen-bond donors (Lipinski definition) is 1. The Morgan fingerprint density at radius 3 is 2.45 bits per heavy atom. The van der Waals surface area contributed by atoms with Crippen LogP contribution in [0.25, 0.3) is 11.3 Å². The van der Waals surface area contributed by atoms with Gasteiger partial charge in [-0.15, -0.1) is 0 Å². The zero-order valence-electron chi connectivity index (χ0n) is 16.1. The van der Waals surface area contributed by atoms with Crippen LogP contribution in [0.2, 0.25) is 15.2 Å². The first kappa shape index (κ1) is 21.7. The fraction of sp³-hybridized carbons (Fsp3) is 0.278. The lowest BCUT2D eigenvalue weighted by Crippen LogP contribution is -2.31. The second-order valence-electron chi connectivity index (χ2n) is 6.59. The van der Waals surface area contributed by atoms with E-state index in [0.29, 0.717) is 18.8 Å². The Hall–Kier alpha value is -2.50. The molecule has 0 aliphatic carbocycles. The molecule has 1 N–H and O–H groups in total. The van der Waals surface area contributed by atoms with Gasteiger partial charge in [-0.3, -0.25) is 9.78 Å². The zero-order valence-corrected chi connectivity index (χ0v) is 18.4. The summed E-state index contributed by atoms with van der Waals surface area (Å²) in [6.07, 6.45) is 1.30. The highest BCUT2D eigenvalue weighted by Gasteiger charge is 2.38. The van der Waals surface area contributed by atoms with Crippen LogP contribution < -0.4 is 16.0 Å². The van der Waals surface area contributed by atoms with E-state index in [1.165, 1.54) is 25.4 Å². The molecule has 10 nitrogen and oxygen atoms in total. The van der Waals surface area contributed by atoms with E-state index in [0.717, 1.165) is 4.68 Å². The number of nitrogens with one attached hydrogen (secondary N) is 1. The number of hydrogen-bond acceptors (Lipinski definition) is 8. The predicted molar refractivity (Wildman–Crippen MR) is 112 cm³/mol. The third-order valence-corrected chi connectivity index (χ3v) is 5.27. The van der Waals surface area contributed by atoms with E-state index >= 15 is 0 Å². The van der Waals surface area contributed by atoms with Gasteiger partial charge < -0.3 is 14.2 Å². The molecule has 3 heterocycles. The molecule has 0 unspecified atom stereocenters. The Morgan fingerprint density at radius 1 is 1.16 bits per heavy atom. The normalized spacial score (nSPS) is 15.3. The van der Waals surface area contributed by atoms with E-state index in [2.05, 4.69) is 20.1 Å². The average molecular weight is 487 g/mol. The number of H-pyrrole nitrogens is 1. The molecule has 1 aliphatic rings. The molecule has 2 aromatic heterocycles. The lowest BCUT2D eigenvalue weighted by atomic mass is 10.1. The minimum atomic E-state index is -1.16. The monoisotopic (exact) mass is 485 g/mol. The van der Waals surface area contributed by atoms with Crippen molar-refractivity contribution in [1.82, 2.24) is 24.7 Å². The van der Waals surface area contributed by atoms with Crippen LogP contribution in [0, 0.1) is 0 Å². The Bertz CT molecular complexity index is 1260. The van der Waals surface area contributed by atoms with Crippen LogP contribution in [0.1, 0.15) is 12.6 Å². The maximum atomic E-state index is 12.1. The Labute approximate surface area is 189 Å². The van der Waals surface area contributed by atoms with Crippen molar-refractivity contribution in [2.75, 3.05) is 13.2 Å². The molecular weight excluding hydrogens is 473 g/mol. The number of benzene rings is 1. The predicted octanol–water partition coefficient (Wildman–Crippen LogP) is 2.90. The summed E-state index contributed by atoms with van der Waals surface area (Å²) in [7, 11) is 1.40. The molecule has 0 saturated carbocycles. The third kappa shape index (κ3) is 4.17. The van der Waals surface area contributed by atoms with Crippen LogP contribution >= 0.6 is 34.8 Å². The molecule has 0 atom stereocenters. The summed E-state index contributed by atoms with van der Waals surface area (Å²) in [4.78, 5) is 34.2. The number of aromatic amines is 1. The first-order chi connectivity index (χ1) is 14.7. The summed E-state index contributed by atoms with van der Waals surface area (Å²) in [5.41, 5.74) is -0.820. The molecule has 1 fully saturated rings. The minimum Gasteiger partial charge on any atom is -0.434 e. The van der Waals surface area contributed by atoms with Crippen LogP contribution in [0.3, 0.4) is 0 Å². The number of rotatable bonds is 4. The number of halogens is 3. The van der Waals surface area contributed by atoms with Crippen molar-refractivity contribution in [2.45, 2.75) is 12.7 Å². The molecular formula is C18H14Cl3N5O5. The van der Waals surface area contributed by atoms with Gasteiger partial charge in [-0.05, 0) is 19.1 Å². The lowest BCUT2D eigenvalue weighted by Gasteiger charge is -2.22. The van der Waals surface area contributed by atoms with Crippen molar-refractivity contribution >= 4 is 34.8 Å². The minimum absolute atomic E-state index is 0.0329. The highest BCUT2D eigenvalue weighted by atomic mass is 35.5. The van der Waals surface area contributed by atoms with Crippen LogP contribution in [-0.4, -0.2) is 37.9 Å². The molecule has 31 heavy (non-hydrogen) atoms. The Kier molecular flexibility index (Phi) is 5.75. The van der Waals surface area contributed by atoms with Gasteiger partial charge in [0.25, 0.3) is 5.56 Å². The highest BCUT2D eigenvalue weighted by Crippen LogP contribution is 2.40. The van der Waals surface area contributed by atoms with Gasteiger partial charge in [-0.2, -0.15) is 5.10 Å². The second-order valence-corrected chi connectivity index (χ2v) is 7.77. The van der Waals surface area contributed by atoms with Crippen molar-refractivity contribution in [1.29, 1.82) is 0 Å². The average Bonchev–Trinajstić information content (AvgIpc) is 3.16. The van der Waals surface area contributed by atoms with E-state index < -0.39 is 17.0 Å². The highest BCUT2D eigenvalue weighted by molar-refractivity contribution is 6.37. The van der Waals surface area contributed by atoms with E-state index in [1.54, 1.807) is 6.92 Å². The summed E-state index contributed by atoms with van der Waals surface area (Å²) in [6.45, 7) is 2.44. The maximum absolute atomic E-state index is 12.1. The van der Waals surface area contributed by atoms with Gasteiger partial charge in [0.05, 0.1) is 29.5 Å². The smallest absolute Gasteiger partial charge is 0.344 e. The molecule has 1 aliphatic heterocycles. The van der Waals surface area contributed by atoms with Gasteiger partial charge in [0.2, 0.25) is 11.7 Å². The summed E-state index contributed by atoms with van der Waals surface area (Å²) in [5.74, 6) is -1.03. The Morgan fingerprint density at radius 2 is 1.81 bits per heavy atom. The van der Waals surface area contributed by atoms with Crippen LogP contribution in [0.15, 0.2) is 27.9 Å². The summed E-state index contributed by atoms with van der Waals surface area (Å²) in [5, 5.41) is 4.21. The van der Waals surface area contributed by atoms with Gasteiger partial charge in [-0.1, -0.05) is 34.8 Å². The third-order valence-electron chi connectivity index (χ3n) is 4.43. The second kappa shape index (κ2) is 8.21. The number of aryl methyl sites for hydroxylation is 1. The van der Waals surface area contributed by atoms with Crippen LogP contribution in [0.4, 0.5) is 0 Å². The SMILES string of the molecule is Cn1nc(-c2cc(Cl)c(Oc3cnc(Cl)c(C4(C)OCCO4)n3)c(Cl)c2)c(=O)[nH]c1=O. The molecule has 162 valence electrons. The van der Waals surface area contributed by atoms with Crippen molar-refractivity contribution in [2.24, 2.45) is 7.05 Å². The quantitative estimate of drug-likeness (QED) is 0.597. The van der Waals surface area contributed by atoms with Gasteiger partial charge in [0.15, 0.2) is 16.6 Å². The molecule has 0 bridgehead atoms. The summed E-state index contributed by atoms with van der Waals surface area (Å²) in [6, 6.07) is 2.86. The van der Waals surface area contributed by atoms with Crippen molar-refractivity contribution in [3.05, 3.63) is 60.1 Å². The molecule has 3 aromatic rings. The first-order valence-corrected chi connectivity index (χ1v) is 9.97. The molecule has 1 aromatic carbocycles. The van der Waals surface area contributed by atoms with Gasteiger partial charge >= 0.3 is 5.69 Å². The van der Waals surface area contributed by atoms with Crippen LogP contribution in [0.5, 0.6) is 11.6 Å². The van der Waals surface area contributed by atoms with Crippen LogP contribution in [-0.2, 0) is 22.3 Å². The number of aromatic nitrogens is 5. The summed E-state index contributed by atoms with van der Waals surface area (Å²) < 4.78 is 17.9. The molecule has 4 rings (SSSR count). The Balaban J connectivity index is 1.70. The van der Waals surface area contributed by atoms with E-state index in [4.69, 9.17) is 49.0 Å². The van der Waals surface area contributed by atoms with E-state index in [-0.39, 0.29) is 38.2 Å². The molecule has 13 heteroatoms. The van der Waals surface area contributed by atoms with Gasteiger partial charge in [0, 0.05) is 12.6 Å². The van der Waals surface area contributed by atoms with Crippen molar-refractivity contribution in [3.8, 4) is 22.9 Å². The van der Waals surface area contributed by atoms with Gasteiger partial charge in [0.1, 0.15) is 5.69 Å². The standard InChI is InChI=1S/C18H14Cl3N5O5/c1-18(29-3-4-30-18)14-15(21)22-7-11(23-14)31-13-9(19)5-8(6-10(13)20)12-16(27)24-17(28)26(2)25-12/h5-7H,3-4H2,1-2H3,(H,24,27,28). The number of ether oxygens (including phenoxy) is 3. The number of nitrogens with zero attached hydrogens (tertiary/aromatic N) is 4. The summed E-state index contributed by atoms with van der Waals surface area (Å²) >= 11 is 18.8. The molecule has 0 spiro atoms. The van der Waals surface area contributed by atoms with Gasteiger partial charge in [-0.25, -0.2) is 19.4 Å². The molecule has 1 saturated heterocycles. The zero-order chi connectivity index (χ0) is 22.3. The van der Waals surface area contributed by atoms with Crippen molar-refractivity contribution in [3.63, 3.8) is 0 Å². The fourth-order valence-corrected chi connectivity index (χ4v) is 3.74. The fourth-order valence-electron chi connectivity index (χ4n) is 2.91. The van der Waals surface area contributed by atoms with Crippen molar-refractivity contribution < 1.29 is 14.2 Å². The van der Waals surface area contributed by atoms with E-state index in [9.17, 15) is 9.59 Å². The van der Waals surface area contributed by atoms with E-state index in [1.807, 2.05) is 0 Å². The molecule has 0 radical (unpaired) electrons. The lowest BCUT2D eigenvalue weighted by molar-refractivity contribution is -0.153. The largest absolute Gasteiger partial charge is 0.434 e.